The van der Waals surface area contributed by atoms with Crippen LogP contribution in [0.15, 0.2) is 83.0 Å². The average Bonchev–Trinajstić information content (AvgIpc) is 3.48. The molecule has 0 aliphatic heterocycles. The molecular weight excluding hydrogens is 464 g/mol. The van der Waals surface area contributed by atoms with Gasteiger partial charge >= 0.3 is 0 Å². The molecule has 3 aromatic heterocycles. The highest BCUT2D eigenvalue weighted by Gasteiger charge is 2.21. The Labute approximate surface area is 203 Å². The monoisotopic (exact) mass is 484 g/mol. The third-order valence-corrected chi connectivity index (χ3v) is 6.39. The molecule has 1 amide bonds. The maximum Gasteiger partial charge on any atom is 0.283 e. The number of aromatic nitrogens is 4. The Bertz CT molecular complexity index is 1570. The van der Waals surface area contributed by atoms with Gasteiger partial charge in [0, 0.05) is 23.5 Å². The lowest BCUT2D eigenvalue weighted by atomic mass is 10.1. The van der Waals surface area contributed by atoms with Crippen LogP contribution in [-0.2, 0) is 0 Å². The summed E-state index contributed by atoms with van der Waals surface area (Å²) in [6.45, 7) is 1.67. The van der Waals surface area contributed by atoms with Crippen molar-refractivity contribution in [2.75, 3.05) is 7.11 Å². The summed E-state index contributed by atoms with van der Waals surface area (Å²) in [5.41, 5.74) is 5.39. The highest BCUT2D eigenvalue weighted by molar-refractivity contribution is 7.20. The second-order valence-electron chi connectivity index (χ2n) is 7.57. The number of benzene rings is 2. The van der Waals surface area contributed by atoms with Crippen LogP contribution in [0.4, 0.5) is 0 Å². The molecule has 0 atom stereocenters. The first kappa shape index (κ1) is 22.2. The summed E-state index contributed by atoms with van der Waals surface area (Å²) in [5.74, 6) is 0.290. The van der Waals surface area contributed by atoms with Gasteiger partial charge in [0.05, 0.1) is 34.3 Å². The Hall–Kier alpha value is -4.57. The van der Waals surface area contributed by atoms with Crippen LogP contribution in [-0.4, -0.2) is 38.5 Å². The first-order valence-corrected chi connectivity index (χ1v) is 11.5. The Kier molecular flexibility index (Phi) is 5.94. The van der Waals surface area contributed by atoms with Gasteiger partial charge in [-0.05, 0) is 55.5 Å². The Morgan fingerprint density at radius 1 is 1.09 bits per heavy atom. The van der Waals surface area contributed by atoms with Crippen LogP contribution in [0.2, 0.25) is 0 Å². The van der Waals surface area contributed by atoms with Crippen molar-refractivity contribution in [2.24, 2.45) is 5.10 Å². The van der Waals surface area contributed by atoms with E-state index in [1.807, 2.05) is 48.5 Å². The van der Waals surface area contributed by atoms with Gasteiger partial charge in [-0.2, -0.15) is 9.78 Å². The number of hydrogen-bond donors (Lipinski definition) is 2. The van der Waals surface area contributed by atoms with E-state index < -0.39 is 5.91 Å². The minimum absolute atomic E-state index is 0.324. The van der Waals surface area contributed by atoms with E-state index in [1.54, 1.807) is 26.2 Å². The maximum atomic E-state index is 13.6. The van der Waals surface area contributed by atoms with Gasteiger partial charge < -0.3 is 4.74 Å². The topological polar surface area (TPSA) is 114 Å². The number of H-pyrrole nitrogens is 1. The molecule has 9 nitrogen and oxygen atoms in total. The smallest absolute Gasteiger partial charge is 0.283 e. The van der Waals surface area contributed by atoms with Gasteiger partial charge in [-0.3, -0.25) is 19.7 Å². The zero-order valence-electron chi connectivity index (χ0n) is 18.9. The van der Waals surface area contributed by atoms with Gasteiger partial charge in [0.25, 0.3) is 11.5 Å². The number of hydrazone groups is 1. The van der Waals surface area contributed by atoms with Crippen LogP contribution in [0.5, 0.6) is 5.75 Å². The fraction of sp³-hybridized carbons (Fsp3) is 0.0800. The fourth-order valence-electron chi connectivity index (χ4n) is 3.59. The number of rotatable bonds is 6. The number of fused-ring (bicyclic) bond motifs is 1. The Morgan fingerprint density at radius 2 is 1.83 bits per heavy atom. The highest BCUT2D eigenvalue weighted by Crippen LogP contribution is 2.27. The normalized spacial score (nSPS) is 11.5. The fourth-order valence-corrected chi connectivity index (χ4v) is 4.51. The summed E-state index contributed by atoms with van der Waals surface area (Å²) in [4.78, 5) is 34.6. The molecule has 0 fully saturated rings. The zero-order chi connectivity index (χ0) is 24.4. The molecule has 0 radical (unpaired) electrons. The van der Waals surface area contributed by atoms with E-state index in [1.165, 1.54) is 28.4 Å². The number of carbonyl (C=O) groups excluding carboxylic acids is 1. The van der Waals surface area contributed by atoms with E-state index in [9.17, 15) is 9.59 Å². The van der Waals surface area contributed by atoms with Crippen LogP contribution in [0.25, 0.3) is 26.6 Å². The quantitative estimate of drug-likeness (QED) is 0.279. The Morgan fingerprint density at radius 3 is 2.54 bits per heavy atom. The molecule has 10 heteroatoms. The summed E-state index contributed by atoms with van der Waals surface area (Å²) in [6, 6.07) is 18.2. The lowest BCUT2D eigenvalue weighted by Gasteiger charge is -2.05. The summed E-state index contributed by atoms with van der Waals surface area (Å²) in [6.07, 6.45) is 3.05. The number of para-hydroxylation sites is 1. The van der Waals surface area contributed by atoms with Gasteiger partial charge in [-0.15, -0.1) is 0 Å². The number of ether oxygens (including phenoxy) is 1. The molecule has 0 saturated heterocycles. The molecule has 35 heavy (non-hydrogen) atoms. The molecule has 2 N–H and O–H groups in total. The van der Waals surface area contributed by atoms with Crippen molar-refractivity contribution < 1.29 is 9.53 Å². The second-order valence-corrected chi connectivity index (χ2v) is 8.58. The SMILES string of the molecule is COc1ccc(-c2[nH]n(-c3nc4ccccc4s3)c(=O)c2/C(C)=N/NC(=O)c2ccncc2)cc1. The number of aromatic amines is 1. The average molecular weight is 485 g/mol. The van der Waals surface area contributed by atoms with Crippen molar-refractivity contribution in [2.45, 2.75) is 6.92 Å². The summed E-state index contributed by atoms with van der Waals surface area (Å²) >= 11 is 1.40. The summed E-state index contributed by atoms with van der Waals surface area (Å²) in [7, 11) is 1.59. The maximum absolute atomic E-state index is 13.6. The minimum Gasteiger partial charge on any atom is -0.497 e. The minimum atomic E-state index is -0.403. The molecule has 0 unspecified atom stereocenters. The van der Waals surface area contributed by atoms with Crippen LogP contribution in [0.3, 0.4) is 0 Å². The Balaban J connectivity index is 1.60. The van der Waals surface area contributed by atoms with Gasteiger partial charge in [-0.1, -0.05) is 23.5 Å². The number of pyridine rings is 1. The van der Waals surface area contributed by atoms with Crippen LogP contribution in [0.1, 0.15) is 22.8 Å². The molecule has 3 heterocycles. The van der Waals surface area contributed by atoms with E-state index in [-0.39, 0.29) is 5.56 Å². The van der Waals surface area contributed by atoms with Crippen molar-refractivity contribution in [1.82, 2.24) is 25.2 Å². The van der Waals surface area contributed by atoms with Gasteiger partial charge in [0.15, 0.2) is 0 Å². The first-order chi connectivity index (χ1) is 17.0. The standard InChI is InChI=1S/C25H20N6O3S/c1-15(28-29-23(32)17-11-13-26-14-12-17)21-22(16-7-9-18(34-2)10-8-16)30-31(24(21)33)25-27-19-5-3-4-6-20(19)35-25/h3-14,30H,1-2H3,(H,29,32)/b28-15+. The van der Waals surface area contributed by atoms with Gasteiger partial charge in [-0.25, -0.2) is 10.4 Å². The first-order valence-electron chi connectivity index (χ1n) is 10.7. The van der Waals surface area contributed by atoms with Crippen molar-refractivity contribution in [3.63, 3.8) is 0 Å². The highest BCUT2D eigenvalue weighted by atomic mass is 32.1. The molecule has 0 aliphatic carbocycles. The number of amides is 1. The lowest BCUT2D eigenvalue weighted by Crippen LogP contribution is -2.23. The number of nitrogens with one attached hydrogen (secondary N) is 2. The van der Waals surface area contributed by atoms with Crippen LogP contribution >= 0.6 is 11.3 Å². The van der Waals surface area contributed by atoms with E-state index in [0.29, 0.717) is 33.4 Å². The number of nitrogens with zero attached hydrogens (tertiary/aromatic N) is 4. The predicted octanol–water partition coefficient (Wildman–Crippen LogP) is 4.00. The third kappa shape index (κ3) is 4.34. The van der Waals surface area contributed by atoms with Crippen molar-refractivity contribution >= 4 is 33.2 Å². The molecule has 5 rings (SSSR count). The van der Waals surface area contributed by atoms with E-state index >= 15 is 0 Å². The molecule has 2 aromatic carbocycles. The number of thiazole rings is 1. The predicted molar refractivity (Wildman–Crippen MR) is 135 cm³/mol. The third-order valence-electron chi connectivity index (χ3n) is 5.37. The molecule has 0 aliphatic rings. The van der Waals surface area contributed by atoms with Crippen molar-refractivity contribution in [1.29, 1.82) is 0 Å². The van der Waals surface area contributed by atoms with Gasteiger partial charge in [0.2, 0.25) is 5.13 Å². The molecule has 0 spiro atoms. The molecular formula is C25H20N6O3S. The lowest BCUT2D eigenvalue weighted by molar-refractivity contribution is 0.0954. The summed E-state index contributed by atoms with van der Waals surface area (Å²) < 4.78 is 7.63. The zero-order valence-corrected chi connectivity index (χ0v) is 19.7. The van der Waals surface area contributed by atoms with Crippen LogP contribution in [0, 0.1) is 0 Å². The molecule has 174 valence electrons. The molecule has 0 saturated carbocycles. The van der Waals surface area contributed by atoms with Crippen LogP contribution < -0.4 is 15.7 Å². The summed E-state index contributed by atoms with van der Waals surface area (Å²) in [5, 5.41) is 7.92. The van der Waals surface area contributed by atoms with E-state index in [4.69, 9.17) is 4.74 Å². The van der Waals surface area contributed by atoms with E-state index in [0.717, 1.165) is 15.8 Å². The second kappa shape index (κ2) is 9.35. The number of carbonyl (C=O) groups is 1. The number of hydrogen-bond acceptors (Lipinski definition) is 7. The van der Waals surface area contributed by atoms with E-state index in [2.05, 4.69) is 25.6 Å². The number of methoxy groups -OCH3 is 1. The largest absolute Gasteiger partial charge is 0.497 e. The molecule has 5 aromatic rings. The molecule has 0 bridgehead atoms. The van der Waals surface area contributed by atoms with Crippen molar-refractivity contribution in [3.8, 4) is 22.1 Å². The van der Waals surface area contributed by atoms with Crippen molar-refractivity contribution in [3.05, 3.63) is 94.5 Å². The van der Waals surface area contributed by atoms with Gasteiger partial charge in [0.1, 0.15) is 5.75 Å².